The van der Waals surface area contributed by atoms with Crippen molar-refractivity contribution in [2.24, 2.45) is 10.7 Å². The van der Waals surface area contributed by atoms with Gasteiger partial charge in [-0.05, 0) is 29.5 Å². The monoisotopic (exact) mass is 396 g/mol. The zero-order valence-electron chi connectivity index (χ0n) is 16.6. The number of anilines is 1. The first-order valence-electron chi connectivity index (χ1n) is 9.43. The Balaban J connectivity index is 1.63. The van der Waals surface area contributed by atoms with E-state index in [4.69, 9.17) is 15.0 Å². The van der Waals surface area contributed by atoms with Gasteiger partial charge in [-0.1, -0.05) is 54.5 Å². The average Bonchev–Trinajstić information content (AvgIpc) is 3.15. The van der Waals surface area contributed by atoms with Crippen LogP contribution in [-0.2, 0) is 11.2 Å². The first-order valence-corrected chi connectivity index (χ1v) is 9.43. The number of rotatable bonds is 8. The number of methoxy groups -OCH3 is 1. The summed E-state index contributed by atoms with van der Waals surface area (Å²) in [6.07, 6.45) is 0.607. The molecule has 0 aliphatic rings. The van der Waals surface area contributed by atoms with Crippen molar-refractivity contribution in [3.05, 3.63) is 71.7 Å². The number of nitrogens with two attached hydrogens (primary N) is 1. The van der Waals surface area contributed by atoms with Gasteiger partial charge in [0.15, 0.2) is 5.96 Å². The SMILES string of the molecule is COCCN=C(N)Nc1cc(CC(C)c2ccc(-c3ccccc3)c(F)c2)no1. The molecule has 0 spiro atoms. The van der Waals surface area contributed by atoms with E-state index in [1.54, 1.807) is 19.2 Å². The predicted octanol–water partition coefficient (Wildman–Crippen LogP) is 4.20. The standard InChI is InChI=1S/C22H25FN4O2/c1-15(12-18-14-21(29-27-18)26-22(24)25-10-11-28-2)17-8-9-19(20(23)13-17)16-6-4-3-5-7-16/h3-9,13-15H,10-12H2,1-2H3,(H3,24,25,26). The second-order valence-corrected chi connectivity index (χ2v) is 6.78. The number of aliphatic imine (C=N–C) groups is 1. The van der Waals surface area contributed by atoms with Gasteiger partial charge in [-0.25, -0.2) is 4.39 Å². The summed E-state index contributed by atoms with van der Waals surface area (Å²) in [6, 6.07) is 16.6. The van der Waals surface area contributed by atoms with Gasteiger partial charge in [0, 0.05) is 18.7 Å². The van der Waals surface area contributed by atoms with Crippen LogP contribution < -0.4 is 11.1 Å². The Labute approximate surface area is 169 Å². The van der Waals surface area contributed by atoms with Crippen molar-refractivity contribution in [1.29, 1.82) is 0 Å². The number of hydrogen-bond donors (Lipinski definition) is 2. The molecule has 3 rings (SSSR count). The summed E-state index contributed by atoms with van der Waals surface area (Å²) in [5.74, 6) is 0.482. The van der Waals surface area contributed by atoms with E-state index in [0.29, 0.717) is 31.0 Å². The van der Waals surface area contributed by atoms with E-state index in [1.807, 2.05) is 49.4 Å². The van der Waals surface area contributed by atoms with Crippen LogP contribution in [0.3, 0.4) is 0 Å². The van der Waals surface area contributed by atoms with Crippen molar-refractivity contribution in [2.45, 2.75) is 19.3 Å². The Kier molecular flexibility index (Phi) is 6.97. The van der Waals surface area contributed by atoms with E-state index in [9.17, 15) is 4.39 Å². The smallest absolute Gasteiger partial charge is 0.231 e. The number of nitrogens with one attached hydrogen (secondary N) is 1. The zero-order valence-corrected chi connectivity index (χ0v) is 16.6. The molecule has 3 aromatic rings. The van der Waals surface area contributed by atoms with Crippen LogP contribution in [0.1, 0.15) is 24.1 Å². The van der Waals surface area contributed by atoms with E-state index in [0.717, 1.165) is 16.8 Å². The molecule has 1 unspecified atom stereocenters. The molecule has 0 radical (unpaired) electrons. The molecule has 0 aliphatic heterocycles. The Morgan fingerprint density at radius 1 is 1.24 bits per heavy atom. The molecule has 3 N–H and O–H groups in total. The van der Waals surface area contributed by atoms with E-state index >= 15 is 0 Å². The highest BCUT2D eigenvalue weighted by Crippen LogP contribution is 2.28. The van der Waals surface area contributed by atoms with Gasteiger partial charge in [0.25, 0.3) is 0 Å². The molecule has 0 saturated carbocycles. The van der Waals surface area contributed by atoms with Crippen LogP contribution in [0.2, 0.25) is 0 Å². The molecule has 0 bridgehead atoms. The van der Waals surface area contributed by atoms with Crippen LogP contribution in [0.15, 0.2) is 64.1 Å². The minimum atomic E-state index is -0.233. The molecule has 0 saturated heterocycles. The van der Waals surface area contributed by atoms with Gasteiger partial charge in [-0.15, -0.1) is 0 Å². The van der Waals surface area contributed by atoms with Crippen LogP contribution in [-0.4, -0.2) is 31.4 Å². The fourth-order valence-corrected chi connectivity index (χ4v) is 3.01. The van der Waals surface area contributed by atoms with E-state index in [2.05, 4.69) is 15.5 Å². The van der Waals surface area contributed by atoms with E-state index in [-0.39, 0.29) is 17.7 Å². The fraction of sp³-hybridized carbons (Fsp3) is 0.273. The molecule has 152 valence electrons. The van der Waals surface area contributed by atoms with Crippen molar-refractivity contribution in [1.82, 2.24) is 5.16 Å². The summed E-state index contributed by atoms with van der Waals surface area (Å²) in [4.78, 5) is 4.10. The van der Waals surface area contributed by atoms with Crippen molar-refractivity contribution in [3.8, 4) is 11.1 Å². The summed E-state index contributed by atoms with van der Waals surface area (Å²) >= 11 is 0. The summed E-state index contributed by atoms with van der Waals surface area (Å²) in [5.41, 5.74) is 8.89. The lowest BCUT2D eigenvalue weighted by molar-refractivity contribution is 0.208. The Bertz CT molecular complexity index is 956. The lowest BCUT2D eigenvalue weighted by Gasteiger charge is -2.12. The van der Waals surface area contributed by atoms with Crippen molar-refractivity contribution >= 4 is 11.8 Å². The van der Waals surface area contributed by atoms with E-state index < -0.39 is 0 Å². The largest absolute Gasteiger partial charge is 0.383 e. The fourth-order valence-electron chi connectivity index (χ4n) is 3.01. The number of nitrogens with zero attached hydrogens (tertiary/aromatic N) is 2. The highest BCUT2D eigenvalue weighted by Gasteiger charge is 2.14. The molecule has 0 aliphatic carbocycles. The number of ether oxygens (including phenoxy) is 1. The third-order valence-electron chi connectivity index (χ3n) is 4.55. The average molecular weight is 396 g/mol. The third-order valence-corrected chi connectivity index (χ3v) is 4.55. The molecule has 7 heteroatoms. The molecule has 1 aromatic heterocycles. The van der Waals surface area contributed by atoms with Crippen LogP contribution in [0.4, 0.5) is 10.3 Å². The first kappa shape index (κ1) is 20.5. The minimum absolute atomic E-state index is 0.0694. The van der Waals surface area contributed by atoms with Gasteiger partial charge < -0.3 is 15.0 Å². The number of guanidine groups is 1. The van der Waals surface area contributed by atoms with Crippen molar-refractivity contribution in [2.75, 3.05) is 25.6 Å². The predicted molar refractivity (Wildman–Crippen MR) is 112 cm³/mol. The minimum Gasteiger partial charge on any atom is -0.383 e. The van der Waals surface area contributed by atoms with Crippen LogP contribution in [0.25, 0.3) is 11.1 Å². The van der Waals surface area contributed by atoms with Crippen molar-refractivity contribution in [3.63, 3.8) is 0 Å². The van der Waals surface area contributed by atoms with Gasteiger partial charge >= 0.3 is 0 Å². The third kappa shape index (κ3) is 5.65. The lowest BCUT2D eigenvalue weighted by Crippen LogP contribution is -2.23. The topological polar surface area (TPSA) is 85.7 Å². The highest BCUT2D eigenvalue weighted by atomic mass is 19.1. The second kappa shape index (κ2) is 9.84. The number of aromatic nitrogens is 1. The summed E-state index contributed by atoms with van der Waals surface area (Å²) in [6.45, 7) is 2.97. The Morgan fingerprint density at radius 3 is 2.76 bits per heavy atom. The summed E-state index contributed by atoms with van der Waals surface area (Å²) in [7, 11) is 1.60. The van der Waals surface area contributed by atoms with Gasteiger partial charge in [0.2, 0.25) is 5.88 Å². The maximum Gasteiger partial charge on any atom is 0.231 e. The molecule has 1 atom stereocenters. The lowest BCUT2D eigenvalue weighted by atomic mass is 9.94. The van der Waals surface area contributed by atoms with Gasteiger partial charge in [-0.3, -0.25) is 10.3 Å². The second-order valence-electron chi connectivity index (χ2n) is 6.78. The van der Waals surface area contributed by atoms with Gasteiger partial charge in [0.1, 0.15) is 5.82 Å². The van der Waals surface area contributed by atoms with E-state index in [1.165, 1.54) is 0 Å². The molecular formula is C22H25FN4O2. The summed E-state index contributed by atoms with van der Waals surface area (Å²) in [5, 5.41) is 6.90. The molecule has 6 nitrogen and oxygen atoms in total. The number of halogens is 1. The maximum absolute atomic E-state index is 14.6. The summed E-state index contributed by atoms with van der Waals surface area (Å²) < 4.78 is 24.8. The Hall–Kier alpha value is -3.19. The molecule has 0 fully saturated rings. The molecule has 29 heavy (non-hydrogen) atoms. The number of benzene rings is 2. The maximum atomic E-state index is 14.6. The molecule has 0 amide bonds. The molecule has 1 heterocycles. The van der Waals surface area contributed by atoms with Gasteiger partial charge in [0.05, 0.1) is 18.8 Å². The van der Waals surface area contributed by atoms with Crippen molar-refractivity contribution < 1.29 is 13.7 Å². The van der Waals surface area contributed by atoms with Gasteiger partial charge in [-0.2, -0.15) is 0 Å². The highest BCUT2D eigenvalue weighted by molar-refractivity contribution is 5.90. The van der Waals surface area contributed by atoms with Crippen LogP contribution in [0, 0.1) is 5.82 Å². The quantitative estimate of drug-likeness (QED) is 0.339. The number of hydrogen-bond acceptors (Lipinski definition) is 4. The molecular weight excluding hydrogens is 371 g/mol. The molecule has 2 aromatic carbocycles. The zero-order chi connectivity index (χ0) is 20.6. The van der Waals surface area contributed by atoms with Crippen LogP contribution >= 0.6 is 0 Å². The normalized spacial score (nSPS) is 12.7. The Morgan fingerprint density at radius 2 is 2.03 bits per heavy atom. The van der Waals surface area contributed by atoms with Crippen LogP contribution in [0.5, 0.6) is 0 Å². The first-order chi connectivity index (χ1) is 14.1.